The Hall–Kier alpha value is -2.45. The fourth-order valence-electron chi connectivity index (χ4n) is 2.52. The molecule has 0 atom stereocenters. The third-order valence-corrected chi connectivity index (χ3v) is 5.79. The molecule has 0 aliphatic rings. The molecule has 134 valence electrons. The highest BCUT2D eigenvalue weighted by molar-refractivity contribution is 9.10. The van der Waals surface area contributed by atoms with E-state index in [4.69, 9.17) is 0 Å². The summed E-state index contributed by atoms with van der Waals surface area (Å²) in [7, 11) is -3.12. The number of ether oxygens (including phenoxy) is 1. The summed E-state index contributed by atoms with van der Waals surface area (Å²) in [6.45, 7) is 0. The molecule has 0 bridgehead atoms. The number of sulfonamides is 1. The van der Waals surface area contributed by atoms with Gasteiger partial charge in [-0.3, -0.25) is 4.72 Å². The molecule has 0 saturated carbocycles. The highest BCUT2D eigenvalue weighted by atomic mass is 79.9. The molecule has 0 aromatic heterocycles. The Morgan fingerprint density at radius 2 is 1.81 bits per heavy atom. The number of nitrogens with one attached hydrogen (secondary N) is 1. The lowest BCUT2D eigenvalue weighted by molar-refractivity contribution is 0.0599. The Labute approximate surface area is 158 Å². The van der Waals surface area contributed by atoms with E-state index in [9.17, 15) is 17.6 Å². The maximum Gasteiger partial charge on any atom is 0.339 e. The van der Waals surface area contributed by atoms with E-state index in [1.165, 1.54) is 0 Å². The number of hydrogen-bond donors (Lipinski definition) is 1. The van der Waals surface area contributed by atoms with Gasteiger partial charge in [-0.1, -0.05) is 36.4 Å². The number of anilines is 1. The van der Waals surface area contributed by atoms with Crippen LogP contribution >= 0.6 is 15.9 Å². The van der Waals surface area contributed by atoms with Crippen LogP contribution < -0.4 is 4.72 Å². The second kappa shape index (κ2) is 7.05. The maximum absolute atomic E-state index is 14.3. The largest absolute Gasteiger partial charge is 0.465 e. The smallest absolute Gasteiger partial charge is 0.339 e. The minimum Gasteiger partial charge on any atom is -0.465 e. The Kier molecular flexibility index (Phi) is 4.97. The number of carbonyl (C=O) groups excluding carboxylic acids is 1. The second-order valence-corrected chi connectivity index (χ2v) is 7.89. The minimum atomic E-state index is -4.27. The quantitative estimate of drug-likeness (QED) is 0.616. The second-order valence-electron chi connectivity index (χ2n) is 5.39. The van der Waals surface area contributed by atoms with Gasteiger partial charge in [-0.25, -0.2) is 17.6 Å². The van der Waals surface area contributed by atoms with Crippen molar-refractivity contribution in [2.75, 3.05) is 11.8 Å². The van der Waals surface area contributed by atoms with Crippen molar-refractivity contribution in [3.63, 3.8) is 0 Å². The van der Waals surface area contributed by atoms with E-state index in [0.29, 0.717) is 11.1 Å². The van der Waals surface area contributed by atoms with E-state index in [1.807, 2.05) is 18.2 Å². The number of benzene rings is 3. The first kappa shape index (κ1) is 18.3. The summed E-state index contributed by atoms with van der Waals surface area (Å²) in [5.74, 6) is -1.77. The predicted molar refractivity (Wildman–Crippen MR) is 100 cm³/mol. The molecule has 0 amide bonds. The van der Waals surface area contributed by atoms with Crippen LogP contribution in [0.3, 0.4) is 0 Å². The molecule has 0 aliphatic heterocycles. The predicted octanol–water partition coefficient (Wildman–Crippen LogP) is 4.33. The lowest BCUT2D eigenvalue weighted by Gasteiger charge is -2.13. The van der Waals surface area contributed by atoms with Crippen LogP contribution in [0.4, 0.5) is 10.1 Å². The third kappa shape index (κ3) is 3.42. The van der Waals surface area contributed by atoms with Crippen molar-refractivity contribution in [1.29, 1.82) is 0 Å². The average molecular weight is 438 g/mol. The zero-order valence-electron chi connectivity index (χ0n) is 13.5. The Morgan fingerprint density at radius 1 is 1.12 bits per heavy atom. The summed E-state index contributed by atoms with van der Waals surface area (Å²) < 4.78 is 46.8. The summed E-state index contributed by atoms with van der Waals surface area (Å²) >= 11 is 3.03. The zero-order valence-corrected chi connectivity index (χ0v) is 15.9. The van der Waals surface area contributed by atoms with E-state index < -0.39 is 26.7 Å². The molecule has 26 heavy (non-hydrogen) atoms. The molecule has 0 heterocycles. The van der Waals surface area contributed by atoms with Crippen LogP contribution in [0.1, 0.15) is 10.4 Å². The molecule has 3 aromatic carbocycles. The number of fused-ring (bicyclic) bond motifs is 1. The van der Waals surface area contributed by atoms with E-state index in [-0.39, 0.29) is 10.0 Å². The van der Waals surface area contributed by atoms with Gasteiger partial charge in [0.1, 0.15) is 10.7 Å². The number of carbonyl (C=O) groups is 1. The summed E-state index contributed by atoms with van der Waals surface area (Å²) in [5.41, 5.74) is 0.220. The van der Waals surface area contributed by atoms with Crippen LogP contribution in [0, 0.1) is 5.82 Å². The highest BCUT2D eigenvalue weighted by Crippen LogP contribution is 2.29. The molecule has 0 aliphatic carbocycles. The van der Waals surface area contributed by atoms with Gasteiger partial charge < -0.3 is 4.74 Å². The minimum absolute atomic E-state index is 0.0906. The van der Waals surface area contributed by atoms with Crippen molar-refractivity contribution >= 4 is 48.4 Å². The number of halogens is 2. The monoisotopic (exact) mass is 437 g/mol. The SMILES string of the molecule is COC(=O)c1cc(S(=O)(=O)Nc2cccc3ccccc23)c(F)cc1Br. The van der Waals surface area contributed by atoms with Gasteiger partial charge in [-0.15, -0.1) is 0 Å². The van der Waals surface area contributed by atoms with Gasteiger partial charge in [0.25, 0.3) is 10.0 Å². The first-order valence-electron chi connectivity index (χ1n) is 7.41. The van der Waals surface area contributed by atoms with E-state index in [0.717, 1.165) is 24.6 Å². The van der Waals surface area contributed by atoms with Crippen molar-refractivity contribution in [2.45, 2.75) is 4.90 Å². The zero-order chi connectivity index (χ0) is 18.9. The molecule has 1 N–H and O–H groups in total. The normalized spacial score (nSPS) is 11.3. The number of esters is 1. The highest BCUT2D eigenvalue weighted by Gasteiger charge is 2.24. The van der Waals surface area contributed by atoms with Gasteiger partial charge in [-0.2, -0.15) is 0 Å². The Bertz CT molecular complexity index is 1110. The van der Waals surface area contributed by atoms with Crippen LogP contribution in [0.25, 0.3) is 10.8 Å². The molecule has 8 heteroatoms. The van der Waals surface area contributed by atoms with Crippen molar-refractivity contribution in [3.05, 3.63) is 70.5 Å². The first-order chi connectivity index (χ1) is 12.3. The van der Waals surface area contributed by atoms with Gasteiger partial charge in [0.15, 0.2) is 0 Å². The molecule has 0 spiro atoms. The number of rotatable bonds is 4. The molecule has 3 rings (SSSR count). The van der Waals surface area contributed by atoms with Crippen LogP contribution in [0.5, 0.6) is 0 Å². The van der Waals surface area contributed by atoms with Crippen LogP contribution in [0.15, 0.2) is 64.0 Å². The summed E-state index contributed by atoms with van der Waals surface area (Å²) in [5, 5.41) is 1.50. The number of hydrogen-bond acceptors (Lipinski definition) is 4. The molecule has 0 fully saturated rings. The van der Waals surface area contributed by atoms with Gasteiger partial charge >= 0.3 is 5.97 Å². The lowest BCUT2D eigenvalue weighted by Crippen LogP contribution is -2.16. The van der Waals surface area contributed by atoms with Crippen molar-refractivity contribution in [2.24, 2.45) is 0 Å². The van der Waals surface area contributed by atoms with Gasteiger partial charge in [0.05, 0.1) is 18.4 Å². The fourth-order valence-corrected chi connectivity index (χ4v) is 4.16. The van der Waals surface area contributed by atoms with E-state index in [2.05, 4.69) is 25.4 Å². The molecule has 0 unspecified atom stereocenters. The average Bonchev–Trinajstić information content (AvgIpc) is 2.61. The Balaban J connectivity index is 2.10. The molecule has 5 nitrogen and oxygen atoms in total. The van der Waals surface area contributed by atoms with Crippen molar-refractivity contribution in [1.82, 2.24) is 0 Å². The lowest BCUT2D eigenvalue weighted by atomic mass is 10.1. The number of methoxy groups -OCH3 is 1. The van der Waals surface area contributed by atoms with Gasteiger partial charge in [-0.05, 0) is 39.5 Å². The third-order valence-electron chi connectivity index (χ3n) is 3.75. The molecular formula is C18H13BrFNO4S. The molecule has 3 aromatic rings. The molecule has 0 saturated heterocycles. The summed E-state index contributed by atoms with van der Waals surface area (Å²) in [6.07, 6.45) is 0. The van der Waals surface area contributed by atoms with Crippen molar-refractivity contribution in [3.8, 4) is 0 Å². The standard InChI is InChI=1S/C18H13BrFNO4S/c1-25-18(22)13-9-17(15(20)10-14(13)19)26(23,24)21-16-8-4-6-11-5-2-3-7-12(11)16/h2-10,21H,1H3. The first-order valence-corrected chi connectivity index (χ1v) is 9.69. The summed E-state index contributed by atoms with van der Waals surface area (Å²) in [4.78, 5) is 11.1. The van der Waals surface area contributed by atoms with Crippen LogP contribution in [-0.2, 0) is 14.8 Å². The van der Waals surface area contributed by atoms with Gasteiger partial charge in [0, 0.05) is 9.86 Å². The fraction of sp³-hybridized carbons (Fsp3) is 0.0556. The summed E-state index contributed by atoms with van der Waals surface area (Å²) in [6, 6.07) is 14.2. The van der Waals surface area contributed by atoms with E-state index >= 15 is 0 Å². The Morgan fingerprint density at radius 3 is 2.54 bits per heavy atom. The van der Waals surface area contributed by atoms with Gasteiger partial charge in [0.2, 0.25) is 0 Å². The van der Waals surface area contributed by atoms with E-state index in [1.54, 1.807) is 24.3 Å². The molecule has 0 radical (unpaired) electrons. The maximum atomic E-state index is 14.3. The van der Waals surface area contributed by atoms with Crippen LogP contribution in [0.2, 0.25) is 0 Å². The topological polar surface area (TPSA) is 72.5 Å². The van der Waals surface area contributed by atoms with Crippen molar-refractivity contribution < 1.29 is 22.3 Å². The van der Waals surface area contributed by atoms with Crippen LogP contribution in [-0.4, -0.2) is 21.5 Å². The molecular weight excluding hydrogens is 425 g/mol.